The van der Waals surface area contributed by atoms with Gasteiger partial charge in [0, 0.05) is 46.4 Å². The van der Waals surface area contributed by atoms with Crippen molar-refractivity contribution in [1.82, 2.24) is 24.3 Å². The van der Waals surface area contributed by atoms with Crippen LogP contribution in [0.1, 0.15) is 0 Å². The molecule has 0 aliphatic heterocycles. The van der Waals surface area contributed by atoms with E-state index in [2.05, 4.69) is 31.8 Å². The van der Waals surface area contributed by atoms with E-state index in [0.717, 1.165) is 33.5 Å². The van der Waals surface area contributed by atoms with Crippen LogP contribution in [0.25, 0.3) is 33.5 Å². The van der Waals surface area contributed by atoms with E-state index >= 15 is 0 Å². The summed E-state index contributed by atoms with van der Waals surface area (Å²) in [4.78, 5) is 8.57. The Bertz CT molecular complexity index is 1240. The highest BCUT2D eigenvalue weighted by molar-refractivity contribution is 6.31. The SMILES string of the molecule is Clc1cc(-c2cnn(-c3ccccn3)c2)cc(-n2ccc3ccncc32)c1. The third-order valence-corrected chi connectivity index (χ3v) is 4.67. The lowest BCUT2D eigenvalue weighted by atomic mass is 10.1. The Morgan fingerprint density at radius 1 is 0.889 bits per heavy atom. The maximum atomic E-state index is 6.42. The topological polar surface area (TPSA) is 48.5 Å². The van der Waals surface area contributed by atoms with E-state index in [1.165, 1.54) is 0 Å². The van der Waals surface area contributed by atoms with Crippen LogP contribution in [0.4, 0.5) is 0 Å². The van der Waals surface area contributed by atoms with E-state index in [0.29, 0.717) is 5.02 Å². The predicted octanol–water partition coefficient (Wildman–Crippen LogP) is 4.93. The van der Waals surface area contributed by atoms with Gasteiger partial charge in [0.2, 0.25) is 0 Å². The van der Waals surface area contributed by atoms with Crippen molar-refractivity contribution in [1.29, 1.82) is 0 Å². The Morgan fingerprint density at radius 3 is 2.74 bits per heavy atom. The van der Waals surface area contributed by atoms with E-state index in [-0.39, 0.29) is 0 Å². The Morgan fingerprint density at radius 2 is 1.85 bits per heavy atom. The van der Waals surface area contributed by atoms with Gasteiger partial charge in [-0.05, 0) is 48.0 Å². The first-order valence-corrected chi connectivity index (χ1v) is 8.84. The monoisotopic (exact) mass is 371 g/mol. The summed E-state index contributed by atoms with van der Waals surface area (Å²) >= 11 is 6.42. The molecule has 6 heteroatoms. The fraction of sp³-hybridized carbons (Fsp3) is 0. The average molecular weight is 372 g/mol. The third-order valence-electron chi connectivity index (χ3n) is 4.46. The number of nitrogens with zero attached hydrogens (tertiary/aromatic N) is 5. The molecular formula is C21H14ClN5. The molecular weight excluding hydrogens is 358 g/mol. The van der Waals surface area contributed by atoms with Crippen LogP contribution in [0.15, 0.2) is 85.7 Å². The van der Waals surface area contributed by atoms with Gasteiger partial charge in [0.05, 0.1) is 17.9 Å². The third kappa shape index (κ3) is 2.88. The van der Waals surface area contributed by atoms with E-state index in [1.54, 1.807) is 17.1 Å². The fourth-order valence-corrected chi connectivity index (χ4v) is 3.40. The standard InChI is InChI=1S/C21H14ClN5/c22-18-9-16(17-12-25-27(14-17)21-3-1-2-6-24-21)10-19(11-18)26-8-5-15-4-7-23-13-20(15)26/h1-14H. The van der Waals surface area contributed by atoms with Crippen molar-refractivity contribution < 1.29 is 0 Å². The van der Waals surface area contributed by atoms with Crippen molar-refractivity contribution in [3.63, 3.8) is 0 Å². The van der Waals surface area contributed by atoms with Gasteiger partial charge < -0.3 is 4.57 Å². The molecule has 1 aromatic carbocycles. The number of hydrogen-bond donors (Lipinski definition) is 0. The van der Waals surface area contributed by atoms with Crippen molar-refractivity contribution in [2.75, 3.05) is 0 Å². The van der Waals surface area contributed by atoms with Crippen molar-refractivity contribution in [3.8, 4) is 22.6 Å². The molecule has 5 aromatic rings. The molecule has 0 aliphatic rings. The van der Waals surface area contributed by atoms with Gasteiger partial charge >= 0.3 is 0 Å². The summed E-state index contributed by atoms with van der Waals surface area (Å²) in [6, 6.07) is 15.8. The van der Waals surface area contributed by atoms with Crippen molar-refractivity contribution in [2.45, 2.75) is 0 Å². The zero-order valence-corrected chi connectivity index (χ0v) is 15.0. The summed E-state index contributed by atoms with van der Waals surface area (Å²) in [6.07, 6.45) is 11.2. The largest absolute Gasteiger partial charge is 0.315 e. The van der Waals surface area contributed by atoms with Gasteiger partial charge in [0.15, 0.2) is 5.82 Å². The molecule has 0 N–H and O–H groups in total. The molecule has 5 nitrogen and oxygen atoms in total. The van der Waals surface area contributed by atoms with Gasteiger partial charge in [-0.2, -0.15) is 5.10 Å². The van der Waals surface area contributed by atoms with Crippen LogP contribution in [-0.2, 0) is 0 Å². The number of halogens is 1. The molecule has 4 heterocycles. The maximum absolute atomic E-state index is 6.42. The van der Waals surface area contributed by atoms with Crippen LogP contribution < -0.4 is 0 Å². The number of benzene rings is 1. The van der Waals surface area contributed by atoms with E-state index in [1.807, 2.05) is 61.2 Å². The fourth-order valence-electron chi connectivity index (χ4n) is 3.17. The number of fused-ring (bicyclic) bond motifs is 1. The molecule has 0 unspecified atom stereocenters. The minimum Gasteiger partial charge on any atom is -0.315 e. The average Bonchev–Trinajstić information content (AvgIpc) is 3.36. The Labute approximate surface area is 160 Å². The summed E-state index contributed by atoms with van der Waals surface area (Å²) in [5, 5.41) is 6.23. The second kappa shape index (κ2) is 6.37. The minimum atomic E-state index is 0.666. The molecule has 0 atom stereocenters. The summed E-state index contributed by atoms with van der Waals surface area (Å²) in [5.41, 5.74) is 3.98. The van der Waals surface area contributed by atoms with Gasteiger partial charge in [-0.15, -0.1) is 0 Å². The van der Waals surface area contributed by atoms with E-state index in [9.17, 15) is 0 Å². The zero-order chi connectivity index (χ0) is 18.2. The summed E-state index contributed by atoms with van der Waals surface area (Å²) in [6.45, 7) is 0. The second-order valence-electron chi connectivity index (χ2n) is 6.18. The molecule has 0 radical (unpaired) electrons. The van der Waals surface area contributed by atoms with Crippen LogP contribution in [0.3, 0.4) is 0 Å². The molecule has 0 spiro atoms. The Kier molecular flexibility index (Phi) is 3.73. The molecule has 27 heavy (non-hydrogen) atoms. The quantitative estimate of drug-likeness (QED) is 0.452. The molecule has 0 saturated heterocycles. The van der Waals surface area contributed by atoms with Gasteiger partial charge in [0.1, 0.15) is 0 Å². The van der Waals surface area contributed by atoms with Gasteiger partial charge in [-0.25, -0.2) is 9.67 Å². The molecule has 0 saturated carbocycles. The summed E-state index contributed by atoms with van der Waals surface area (Å²) in [7, 11) is 0. The Balaban J connectivity index is 1.60. The molecule has 5 rings (SSSR count). The van der Waals surface area contributed by atoms with Crippen LogP contribution >= 0.6 is 11.6 Å². The minimum absolute atomic E-state index is 0.666. The van der Waals surface area contributed by atoms with E-state index < -0.39 is 0 Å². The molecule has 0 aliphatic carbocycles. The smallest absolute Gasteiger partial charge is 0.153 e. The number of hydrogen-bond acceptors (Lipinski definition) is 3. The van der Waals surface area contributed by atoms with Crippen LogP contribution in [0.2, 0.25) is 5.02 Å². The van der Waals surface area contributed by atoms with Gasteiger partial charge in [-0.3, -0.25) is 4.98 Å². The summed E-state index contributed by atoms with van der Waals surface area (Å²) < 4.78 is 3.84. The summed E-state index contributed by atoms with van der Waals surface area (Å²) in [5.74, 6) is 0.772. The number of pyridine rings is 2. The molecule has 0 bridgehead atoms. The lowest BCUT2D eigenvalue weighted by molar-refractivity contribution is 0.847. The second-order valence-corrected chi connectivity index (χ2v) is 6.62. The van der Waals surface area contributed by atoms with Crippen molar-refractivity contribution in [2.24, 2.45) is 0 Å². The van der Waals surface area contributed by atoms with Crippen LogP contribution in [0, 0.1) is 0 Å². The molecule has 130 valence electrons. The first-order valence-electron chi connectivity index (χ1n) is 8.46. The number of rotatable bonds is 3. The lowest BCUT2D eigenvalue weighted by Crippen LogP contribution is -1.96. The van der Waals surface area contributed by atoms with Crippen molar-refractivity contribution in [3.05, 3.63) is 90.7 Å². The van der Waals surface area contributed by atoms with Gasteiger partial charge in [-0.1, -0.05) is 17.7 Å². The highest BCUT2D eigenvalue weighted by Gasteiger charge is 2.09. The first kappa shape index (κ1) is 15.8. The highest BCUT2D eigenvalue weighted by atomic mass is 35.5. The molecule has 0 fully saturated rings. The van der Waals surface area contributed by atoms with Crippen LogP contribution in [-0.4, -0.2) is 24.3 Å². The van der Waals surface area contributed by atoms with E-state index in [4.69, 9.17) is 11.6 Å². The van der Waals surface area contributed by atoms with Gasteiger partial charge in [0.25, 0.3) is 0 Å². The number of aromatic nitrogens is 5. The zero-order valence-electron chi connectivity index (χ0n) is 14.2. The first-order chi connectivity index (χ1) is 13.3. The predicted molar refractivity (Wildman–Crippen MR) is 106 cm³/mol. The Hall–Kier alpha value is -3.44. The molecule has 0 amide bonds. The van der Waals surface area contributed by atoms with Crippen LogP contribution in [0.5, 0.6) is 0 Å². The lowest BCUT2D eigenvalue weighted by Gasteiger charge is -2.08. The maximum Gasteiger partial charge on any atom is 0.153 e. The molecule has 4 aromatic heterocycles. The highest BCUT2D eigenvalue weighted by Crippen LogP contribution is 2.29. The normalized spacial score (nSPS) is 11.1. The van der Waals surface area contributed by atoms with Crippen molar-refractivity contribution >= 4 is 22.5 Å².